The van der Waals surface area contributed by atoms with E-state index in [0.29, 0.717) is 13.2 Å². The zero-order valence-corrected chi connectivity index (χ0v) is 12.8. The van der Waals surface area contributed by atoms with Crippen LogP contribution in [0.2, 0.25) is 0 Å². The van der Waals surface area contributed by atoms with E-state index < -0.39 is 6.10 Å². The van der Waals surface area contributed by atoms with Crippen LogP contribution in [-0.2, 0) is 4.74 Å². The first-order valence-electron chi connectivity index (χ1n) is 7.05. The van der Waals surface area contributed by atoms with Crippen LogP contribution in [-0.4, -0.2) is 37.0 Å². The van der Waals surface area contributed by atoms with Crippen molar-refractivity contribution in [2.75, 3.05) is 24.6 Å². The van der Waals surface area contributed by atoms with Gasteiger partial charge < -0.3 is 14.7 Å². The van der Waals surface area contributed by atoms with E-state index in [1.54, 1.807) is 0 Å². The fraction of sp³-hybridized carbons (Fsp3) is 0.625. The topological polar surface area (TPSA) is 32.7 Å². The molecule has 1 atom stereocenters. The van der Waals surface area contributed by atoms with Gasteiger partial charge in [0.15, 0.2) is 0 Å². The molecule has 1 aromatic carbocycles. The molecule has 3 heteroatoms. The largest absolute Gasteiger partial charge is 0.389 e. The zero-order valence-electron chi connectivity index (χ0n) is 12.8. The van der Waals surface area contributed by atoms with Crippen LogP contribution in [0.3, 0.4) is 0 Å². The molecule has 3 nitrogen and oxygen atoms in total. The maximum Gasteiger partial charge on any atom is 0.0948 e. The van der Waals surface area contributed by atoms with E-state index in [9.17, 15) is 5.11 Å². The van der Waals surface area contributed by atoms with Gasteiger partial charge in [-0.25, -0.2) is 0 Å². The molecular weight excluding hydrogens is 238 g/mol. The molecule has 0 heterocycles. The van der Waals surface area contributed by atoms with E-state index >= 15 is 0 Å². The van der Waals surface area contributed by atoms with Crippen molar-refractivity contribution in [3.8, 4) is 0 Å². The number of aryl methyl sites for hydroxylation is 2. The molecule has 0 amide bonds. The highest BCUT2D eigenvalue weighted by atomic mass is 16.5. The highest BCUT2D eigenvalue weighted by molar-refractivity contribution is 5.50. The molecule has 1 rings (SSSR count). The van der Waals surface area contributed by atoms with Gasteiger partial charge in [0.05, 0.1) is 18.8 Å². The van der Waals surface area contributed by atoms with Crippen molar-refractivity contribution in [3.05, 3.63) is 29.3 Å². The Balaban J connectivity index is 2.64. The van der Waals surface area contributed by atoms with Gasteiger partial charge in [-0.15, -0.1) is 0 Å². The molecule has 108 valence electrons. The van der Waals surface area contributed by atoms with Crippen molar-refractivity contribution >= 4 is 5.69 Å². The van der Waals surface area contributed by atoms with E-state index in [1.807, 2.05) is 13.8 Å². The summed E-state index contributed by atoms with van der Waals surface area (Å²) in [5, 5.41) is 10.0. The van der Waals surface area contributed by atoms with Gasteiger partial charge in [-0.1, -0.05) is 6.07 Å². The van der Waals surface area contributed by atoms with Crippen molar-refractivity contribution in [2.24, 2.45) is 0 Å². The molecule has 0 aliphatic heterocycles. The summed E-state index contributed by atoms with van der Waals surface area (Å²) in [4.78, 5) is 2.18. The van der Waals surface area contributed by atoms with Crippen LogP contribution < -0.4 is 4.90 Å². The van der Waals surface area contributed by atoms with Crippen LogP contribution in [0.5, 0.6) is 0 Å². The number of ether oxygens (including phenoxy) is 1. The molecule has 1 unspecified atom stereocenters. The molecule has 0 spiro atoms. The summed E-state index contributed by atoms with van der Waals surface area (Å²) in [6, 6.07) is 6.42. The van der Waals surface area contributed by atoms with E-state index in [-0.39, 0.29) is 6.10 Å². The number of rotatable bonds is 7. The molecule has 19 heavy (non-hydrogen) atoms. The summed E-state index contributed by atoms with van der Waals surface area (Å²) in [6.45, 7) is 12.2. The fourth-order valence-corrected chi connectivity index (χ4v) is 1.95. The lowest BCUT2D eigenvalue weighted by atomic mass is 10.1. The molecule has 0 saturated heterocycles. The number of likely N-dealkylation sites (N-methyl/N-ethyl adjacent to an activating group) is 1. The van der Waals surface area contributed by atoms with Crippen molar-refractivity contribution in [1.82, 2.24) is 0 Å². The first kappa shape index (κ1) is 16.0. The lowest BCUT2D eigenvalue weighted by Gasteiger charge is -2.27. The van der Waals surface area contributed by atoms with Gasteiger partial charge in [0.2, 0.25) is 0 Å². The quantitative estimate of drug-likeness (QED) is 0.823. The van der Waals surface area contributed by atoms with Crippen LogP contribution in [0.25, 0.3) is 0 Å². The van der Waals surface area contributed by atoms with Crippen molar-refractivity contribution in [1.29, 1.82) is 0 Å². The van der Waals surface area contributed by atoms with E-state index in [2.05, 4.69) is 43.9 Å². The Kier molecular flexibility index (Phi) is 6.32. The Labute approximate surface area is 117 Å². The van der Waals surface area contributed by atoms with E-state index in [4.69, 9.17) is 4.74 Å². The molecule has 0 saturated carbocycles. The normalized spacial score (nSPS) is 12.8. The summed E-state index contributed by atoms with van der Waals surface area (Å²) in [6.07, 6.45) is -0.296. The summed E-state index contributed by atoms with van der Waals surface area (Å²) in [5.41, 5.74) is 3.74. The van der Waals surface area contributed by atoms with Crippen LogP contribution in [0, 0.1) is 13.8 Å². The van der Waals surface area contributed by atoms with Crippen LogP contribution in [0.1, 0.15) is 31.9 Å². The number of benzene rings is 1. The van der Waals surface area contributed by atoms with Gasteiger partial charge in [-0.3, -0.25) is 0 Å². The van der Waals surface area contributed by atoms with Crippen molar-refractivity contribution in [2.45, 2.75) is 46.8 Å². The van der Waals surface area contributed by atoms with E-state index in [0.717, 1.165) is 12.2 Å². The van der Waals surface area contributed by atoms with Crippen LogP contribution >= 0.6 is 0 Å². The third-order valence-electron chi connectivity index (χ3n) is 3.29. The second-order valence-electron chi connectivity index (χ2n) is 5.34. The predicted octanol–water partition coefficient (Wildman–Crippen LogP) is 2.92. The third kappa shape index (κ3) is 5.21. The summed E-state index contributed by atoms with van der Waals surface area (Å²) in [7, 11) is 0. The second kappa shape index (κ2) is 7.51. The minimum absolute atomic E-state index is 0.159. The summed E-state index contributed by atoms with van der Waals surface area (Å²) >= 11 is 0. The molecule has 0 aliphatic rings. The minimum Gasteiger partial charge on any atom is -0.389 e. The molecule has 0 radical (unpaired) electrons. The molecular formula is C16H27NO2. The predicted molar refractivity (Wildman–Crippen MR) is 80.9 cm³/mol. The highest BCUT2D eigenvalue weighted by Crippen LogP contribution is 2.19. The monoisotopic (exact) mass is 265 g/mol. The van der Waals surface area contributed by atoms with Gasteiger partial charge in [0.1, 0.15) is 0 Å². The van der Waals surface area contributed by atoms with Gasteiger partial charge in [-0.2, -0.15) is 0 Å². The molecule has 0 fully saturated rings. The Bertz CT molecular complexity index is 390. The number of nitrogens with zero attached hydrogens (tertiary/aromatic N) is 1. The fourth-order valence-electron chi connectivity index (χ4n) is 1.95. The maximum atomic E-state index is 10.0. The number of aliphatic hydroxyl groups excluding tert-OH is 1. The van der Waals surface area contributed by atoms with Gasteiger partial charge in [0.25, 0.3) is 0 Å². The summed E-state index contributed by atoms with van der Waals surface area (Å²) in [5.74, 6) is 0. The minimum atomic E-state index is -0.455. The molecule has 0 aromatic heterocycles. The SMILES string of the molecule is CCN(CC(O)COC(C)C)c1ccc(C)c(C)c1. The van der Waals surface area contributed by atoms with Crippen LogP contribution in [0.15, 0.2) is 18.2 Å². The van der Waals surface area contributed by atoms with Gasteiger partial charge in [-0.05, 0) is 57.9 Å². The average Bonchev–Trinajstić information content (AvgIpc) is 2.37. The first-order chi connectivity index (χ1) is 8.93. The number of aliphatic hydroxyl groups is 1. The second-order valence-corrected chi connectivity index (χ2v) is 5.34. The Morgan fingerprint density at radius 1 is 1.21 bits per heavy atom. The van der Waals surface area contributed by atoms with Crippen molar-refractivity contribution < 1.29 is 9.84 Å². The third-order valence-corrected chi connectivity index (χ3v) is 3.29. The standard InChI is InChI=1S/C16H27NO2/c1-6-17(10-16(18)11-19-12(2)3)15-8-7-13(4)14(5)9-15/h7-9,12,16,18H,6,10-11H2,1-5H3. The van der Waals surface area contributed by atoms with Crippen LogP contribution in [0.4, 0.5) is 5.69 Å². The number of anilines is 1. The maximum absolute atomic E-state index is 10.0. The number of hydrogen-bond donors (Lipinski definition) is 1. The Hall–Kier alpha value is -1.06. The zero-order chi connectivity index (χ0) is 14.4. The molecule has 0 aliphatic carbocycles. The Morgan fingerprint density at radius 3 is 2.42 bits per heavy atom. The van der Waals surface area contributed by atoms with Gasteiger partial charge in [0, 0.05) is 18.8 Å². The van der Waals surface area contributed by atoms with Crippen molar-refractivity contribution in [3.63, 3.8) is 0 Å². The molecule has 1 aromatic rings. The van der Waals surface area contributed by atoms with E-state index in [1.165, 1.54) is 11.1 Å². The van der Waals surface area contributed by atoms with Gasteiger partial charge >= 0.3 is 0 Å². The molecule has 0 bridgehead atoms. The highest BCUT2D eigenvalue weighted by Gasteiger charge is 2.12. The molecule has 1 N–H and O–H groups in total. The number of hydrogen-bond acceptors (Lipinski definition) is 3. The smallest absolute Gasteiger partial charge is 0.0948 e. The average molecular weight is 265 g/mol. The Morgan fingerprint density at radius 2 is 1.89 bits per heavy atom. The first-order valence-corrected chi connectivity index (χ1v) is 7.05. The lowest BCUT2D eigenvalue weighted by molar-refractivity contribution is 0.00897. The lowest BCUT2D eigenvalue weighted by Crippen LogP contribution is -2.35. The summed E-state index contributed by atoms with van der Waals surface area (Å²) < 4.78 is 5.45.